The molecule has 0 atom stereocenters. The van der Waals surface area contributed by atoms with Crippen LogP contribution < -0.4 is 5.32 Å². The molecule has 0 saturated carbocycles. The molecular weight excluding hydrogens is 319 g/mol. The van der Waals surface area contributed by atoms with Crippen molar-refractivity contribution in [2.24, 2.45) is 0 Å². The van der Waals surface area contributed by atoms with Crippen LogP contribution in [0.25, 0.3) is 22.3 Å². The first-order valence-corrected chi connectivity index (χ1v) is 7.63. The van der Waals surface area contributed by atoms with Crippen molar-refractivity contribution < 1.29 is 9.50 Å². The van der Waals surface area contributed by atoms with E-state index in [1.165, 1.54) is 12.1 Å². The van der Waals surface area contributed by atoms with Gasteiger partial charge in [-0.25, -0.2) is 14.4 Å². The quantitative estimate of drug-likeness (QED) is 0.548. The summed E-state index contributed by atoms with van der Waals surface area (Å²) in [7, 11) is 0. The Morgan fingerprint density at radius 1 is 0.920 bits per heavy atom. The van der Waals surface area contributed by atoms with E-state index in [1.54, 1.807) is 18.5 Å². The SMILES string of the molecule is Oc1ccc(Nc2nc(-c3ccncc3)nc3ccccc23)cc1F. The van der Waals surface area contributed by atoms with E-state index in [1.807, 2.05) is 36.4 Å². The number of aromatic nitrogens is 3. The van der Waals surface area contributed by atoms with Crippen LogP contribution in [0.4, 0.5) is 15.9 Å². The van der Waals surface area contributed by atoms with Crippen molar-refractivity contribution in [1.29, 1.82) is 0 Å². The van der Waals surface area contributed by atoms with Crippen molar-refractivity contribution in [1.82, 2.24) is 15.0 Å². The zero-order chi connectivity index (χ0) is 17.2. The minimum absolute atomic E-state index is 0.393. The van der Waals surface area contributed by atoms with Gasteiger partial charge in [0.1, 0.15) is 5.82 Å². The molecule has 0 aliphatic rings. The van der Waals surface area contributed by atoms with Gasteiger partial charge in [0.05, 0.1) is 5.52 Å². The highest BCUT2D eigenvalue weighted by Gasteiger charge is 2.10. The van der Waals surface area contributed by atoms with Gasteiger partial charge in [-0.3, -0.25) is 4.98 Å². The van der Waals surface area contributed by atoms with E-state index in [4.69, 9.17) is 0 Å². The summed E-state index contributed by atoms with van der Waals surface area (Å²) in [5, 5.41) is 13.3. The molecule has 25 heavy (non-hydrogen) atoms. The van der Waals surface area contributed by atoms with E-state index in [-0.39, 0.29) is 0 Å². The molecule has 6 heteroatoms. The first-order valence-electron chi connectivity index (χ1n) is 7.63. The first-order chi connectivity index (χ1) is 12.2. The minimum atomic E-state index is -0.697. The van der Waals surface area contributed by atoms with Crippen LogP contribution in [0, 0.1) is 5.82 Å². The Morgan fingerprint density at radius 3 is 2.52 bits per heavy atom. The Kier molecular flexibility index (Phi) is 3.70. The average molecular weight is 332 g/mol. The molecule has 0 amide bonds. The third-order valence-corrected chi connectivity index (χ3v) is 3.75. The number of hydrogen-bond donors (Lipinski definition) is 2. The largest absolute Gasteiger partial charge is 0.505 e. The highest BCUT2D eigenvalue weighted by molar-refractivity contribution is 5.92. The molecule has 5 nitrogen and oxygen atoms in total. The summed E-state index contributed by atoms with van der Waals surface area (Å²) < 4.78 is 13.6. The number of benzene rings is 2. The van der Waals surface area contributed by atoms with Gasteiger partial charge in [0.15, 0.2) is 17.4 Å². The number of pyridine rings is 1. The van der Waals surface area contributed by atoms with Gasteiger partial charge in [-0.15, -0.1) is 0 Å². The number of rotatable bonds is 3. The number of para-hydroxylation sites is 1. The number of fused-ring (bicyclic) bond motifs is 1. The van der Waals surface area contributed by atoms with Gasteiger partial charge in [0.2, 0.25) is 0 Å². The van der Waals surface area contributed by atoms with Crippen LogP contribution in [-0.4, -0.2) is 20.1 Å². The number of hydrogen-bond acceptors (Lipinski definition) is 5. The molecule has 0 fully saturated rings. The van der Waals surface area contributed by atoms with Crippen LogP contribution >= 0.6 is 0 Å². The number of phenolic OH excluding ortho intramolecular Hbond substituents is 1. The third kappa shape index (κ3) is 2.97. The fourth-order valence-electron chi connectivity index (χ4n) is 2.52. The molecule has 0 radical (unpaired) electrons. The molecule has 0 aliphatic carbocycles. The molecule has 0 spiro atoms. The maximum Gasteiger partial charge on any atom is 0.166 e. The minimum Gasteiger partial charge on any atom is -0.505 e. The van der Waals surface area contributed by atoms with Crippen LogP contribution in [0.15, 0.2) is 67.0 Å². The molecule has 2 aromatic carbocycles. The van der Waals surface area contributed by atoms with Gasteiger partial charge >= 0.3 is 0 Å². The van der Waals surface area contributed by atoms with Crippen molar-refractivity contribution in [3.05, 3.63) is 72.8 Å². The molecule has 122 valence electrons. The molecule has 4 rings (SSSR count). The molecule has 0 aliphatic heterocycles. The van der Waals surface area contributed by atoms with Gasteiger partial charge in [0.25, 0.3) is 0 Å². The maximum absolute atomic E-state index is 13.6. The second-order valence-electron chi connectivity index (χ2n) is 5.44. The molecule has 2 aromatic heterocycles. The lowest BCUT2D eigenvalue weighted by atomic mass is 10.2. The molecule has 0 saturated heterocycles. The summed E-state index contributed by atoms with van der Waals surface area (Å²) >= 11 is 0. The topological polar surface area (TPSA) is 70.9 Å². The Morgan fingerprint density at radius 2 is 1.72 bits per heavy atom. The normalized spacial score (nSPS) is 10.8. The van der Waals surface area contributed by atoms with E-state index in [2.05, 4.69) is 20.3 Å². The standard InChI is InChI=1S/C19H13FN4O/c20-15-11-13(5-6-17(15)25)22-19-14-3-1-2-4-16(14)23-18(24-19)12-7-9-21-10-8-12/h1-11,25H,(H,22,23,24). The van der Waals surface area contributed by atoms with Gasteiger partial charge in [-0.05, 0) is 36.4 Å². The second kappa shape index (κ2) is 6.16. The van der Waals surface area contributed by atoms with Crippen LogP contribution in [0.2, 0.25) is 0 Å². The summed E-state index contributed by atoms with van der Waals surface area (Å²) in [6.07, 6.45) is 3.35. The predicted molar refractivity (Wildman–Crippen MR) is 94.1 cm³/mol. The Balaban J connectivity index is 1.85. The first kappa shape index (κ1) is 15.0. The van der Waals surface area contributed by atoms with Gasteiger partial charge in [0, 0.05) is 35.1 Å². The summed E-state index contributed by atoms with van der Waals surface area (Å²) in [5.41, 5.74) is 2.09. The van der Waals surface area contributed by atoms with Crippen molar-refractivity contribution in [3.8, 4) is 17.1 Å². The number of halogens is 1. The predicted octanol–water partition coefficient (Wildman–Crippen LogP) is 4.28. The summed E-state index contributed by atoms with van der Waals surface area (Å²) in [6, 6.07) is 15.3. The lowest BCUT2D eigenvalue weighted by Gasteiger charge is -2.11. The van der Waals surface area contributed by atoms with E-state index < -0.39 is 11.6 Å². The fraction of sp³-hybridized carbons (Fsp3) is 0. The van der Waals surface area contributed by atoms with Crippen LogP contribution in [0.3, 0.4) is 0 Å². The van der Waals surface area contributed by atoms with Crippen LogP contribution in [0.1, 0.15) is 0 Å². The Labute approximate surface area is 142 Å². The summed E-state index contributed by atoms with van der Waals surface area (Å²) in [5.74, 6) is 0.0126. The van der Waals surface area contributed by atoms with E-state index >= 15 is 0 Å². The number of phenols is 1. The number of nitrogens with zero attached hydrogens (tertiary/aromatic N) is 3. The number of nitrogens with one attached hydrogen (secondary N) is 1. The molecule has 4 aromatic rings. The van der Waals surface area contributed by atoms with Crippen LogP contribution in [0.5, 0.6) is 5.75 Å². The van der Waals surface area contributed by atoms with Crippen molar-refractivity contribution >= 4 is 22.4 Å². The lowest BCUT2D eigenvalue weighted by Crippen LogP contribution is -1.99. The van der Waals surface area contributed by atoms with Crippen LogP contribution in [-0.2, 0) is 0 Å². The zero-order valence-electron chi connectivity index (χ0n) is 13.0. The highest BCUT2D eigenvalue weighted by Crippen LogP contribution is 2.28. The van der Waals surface area contributed by atoms with Gasteiger partial charge in [-0.1, -0.05) is 12.1 Å². The molecule has 2 heterocycles. The molecule has 0 bridgehead atoms. The van der Waals surface area contributed by atoms with E-state index in [9.17, 15) is 9.50 Å². The van der Waals surface area contributed by atoms with Crippen molar-refractivity contribution in [3.63, 3.8) is 0 Å². The van der Waals surface area contributed by atoms with E-state index in [0.717, 1.165) is 16.5 Å². The fourth-order valence-corrected chi connectivity index (χ4v) is 2.52. The molecular formula is C19H13FN4O. The zero-order valence-corrected chi connectivity index (χ0v) is 13.0. The van der Waals surface area contributed by atoms with Crippen molar-refractivity contribution in [2.45, 2.75) is 0 Å². The monoisotopic (exact) mass is 332 g/mol. The summed E-state index contributed by atoms with van der Waals surface area (Å²) in [6.45, 7) is 0. The maximum atomic E-state index is 13.6. The number of anilines is 2. The second-order valence-corrected chi connectivity index (χ2v) is 5.44. The number of aromatic hydroxyl groups is 1. The smallest absolute Gasteiger partial charge is 0.166 e. The average Bonchev–Trinajstić information content (AvgIpc) is 2.65. The third-order valence-electron chi connectivity index (χ3n) is 3.75. The van der Waals surface area contributed by atoms with Crippen molar-refractivity contribution in [2.75, 3.05) is 5.32 Å². The van der Waals surface area contributed by atoms with Gasteiger partial charge < -0.3 is 10.4 Å². The molecule has 2 N–H and O–H groups in total. The Bertz CT molecular complexity index is 1050. The van der Waals surface area contributed by atoms with Gasteiger partial charge in [-0.2, -0.15) is 0 Å². The molecule has 0 unspecified atom stereocenters. The summed E-state index contributed by atoms with van der Waals surface area (Å²) in [4.78, 5) is 13.2. The lowest BCUT2D eigenvalue weighted by molar-refractivity contribution is 0.432. The van der Waals surface area contributed by atoms with E-state index in [0.29, 0.717) is 17.3 Å². The highest BCUT2D eigenvalue weighted by atomic mass is 19.1. The Hall–Kier alpha value is -3.54.